The Labute approximate surface area is 233 Å². The number of aromatic amines is 1. The Bertz CT molecular complexity index is 1270. The van der Waals surface area contributed by atoms with E-state index in [0.29, 0.717) is 42.9 Å². The van der Waals surface area contributed by atoms with E-state index < -0.39 is 23.6 Å². The molecule has 1 atom stereocenters. The van der Waals surface area contributed by atoms with E-state index in [4.69, 9.17) is 10.5 Å². The molecule has 0 bridgehead atoms. The molecule has 1 aromatic heterocycles. The van der Waals surface area contributed by atoms with Crippen molar-refractivity contribution in [3.05, 3.63) is 60.2 Å². The van der Waals surface area contributed by atoms with Gasteiger partial charge in [0, 0.05) is 18.0 Å². The Morgan fingerprint density at radius 3 is 2.33 bits per heavy atom. The lowest BCUT2D eigenvalue weighted by atomic mass is 9.81. The van der Waals surface area contributed by atoms with Crippen LogP contribution in [0.25, 0.3) is 11.4 Å². The lowest BCUT2D eigenvalue weighted by molar-refractivity contribution is -0.130. The number of carbonyl (C=O) groups is 3. The first-order valence-electron chi connectivity index (χ1n) is 13.6. The molecular formula is C29H37N7O4. The molecular weight excluding hydrogens is 510 g/mol. The van der Waals surface area contributed by atoms with Crippen LogP contribution in [0.4, 0.5) is 10.5 Å². The molecule has 11 heteroatoms. The molecule has 2 aromatic carbocycles. The predicted molar refractivity (Wildman–Crippen MR) is 150 cm³/mol. The SMILES string of the molecule is CC(C)(C)OC(=O)NCC1CCC(C(=O)N(C(=O)[C@@H](N)Cc2ccccc2)c2ccc(-c3nn[nH]n3)cc2)CC1. The Morgan fingerprint density at radius 1 is 1.05 bits per heavy atom. The smallest absolute Gasteiger partial charge is 0.407 e. The van der Waals surface area contributed by atoms with Gasteiger partial charge in [-0.25, -0.2) is 9.69 Å². The summed E-state index contributed by atoms with van der Waals surface area (Å²) < 4.78 is 5.32. The summed E-state index contributed by atoms with van der Waals surface area (Å²) in [7, 11) is 0. The van der Waals surface area contributed by atoms with Crippen molar-refractivity contribution in [2.45, 2.75) is 64.5 Å². The molecule has 40 heavy (non-hydrogen) atoms. The Hall–Kier alpha value is -4.12. The number of rotatable bonds is 8. The van der Waals surface area contributed by atoms with E-state index in [0.717, 1.165) is 18.4 Å². The Balaban J connectivity index is 1.45. The second kappa shape index (κ2) is 12.8. The quantitative estimate of drug-likeness (QED) is 0.386. The molecule has 0 aliphatic heterocycles. The van der Waals surface area contributed by atoms with Gasteiger partial charge >= 0.3 is 6.09 Å². The molecule has 4 rings (SSSR count). The van der Waals surface area contributed by atoms with Crippen molar-refractivity contribution in [2.24, 2.45) is 17.6 Å². The van der Waals surface area contributed by atoms with Crippen LogP contribution in [0.2, 0.25) is 0 Å². The number of carbonyl (C=O) groups excluding carboxylic acids is 3. The zero-order valence-electron chi connectivity index (χ0n) is 23.2. The van der Waals surface area contributed by atoms with Gasteiger partial charge in [-0.15, -0.1) is 10.2 Å². The first-order chi connectivity index (χ1) is 19.1. The van der Waals surface area contributed by atoms with Crippen molar-refractivity contribution in [3.8, 4) is 11.4 Å². The van der Waals surface area contributed by atoms with E-state index in [2.05, 4.69) is 25.9 Å². The van der Waals surface area contributed by atoms with Gasteiger partial charge in [-0.1, -0.05) is 30.3 Å². The number of alkyl carbamates (subject to hydrolysis) is 1. The average Bonchev–Trinajstić information content (AvgIpc) is 3.47. The van der Waals surface area contributed by atoms with Crippen LogP contribution in [0.1, 0.15) is 52.0 Å². The minimum Gasteiger partial charge on any atom is -0.444 e. The monoisotopic (exact) mass is 547 g/mol. The fraction of sp³-hybridized carbons (Fsp3) is 0.448. The van der Waals surface area contributed by atoms with E-state index in [1.165, 1.54) is 4.90 Å². The molecule has 4 N–H and O–H groups in total. The molecule has 1 saturated carbocycles. The van der Waals surface area contributed by atoms with Crippen LogP contribution in [-0.4, -0.2) is 56.7 Å². The highest BCUT2D eigenvalue weighted by Gasteiger charge is 2.35. The zero-order chi connectivity index (χ0) is 28.7. The van der Waals surface area contributed by atoms with E-state index >= 15 is 0 Å². The standard InChI is InChI=1S/C29H37N7O4/c1-29(2,3)40-28(39)31-18-20-9-11-22(12-10-20)26(37)36(27(38)24(30)17-19-7-5-4-6-8-19)23-15-13-21(14-16-23)25-32-34-35-33-25/h4-8,13-16,20,22,24H,9-12,17-18,30H2,1-3H3,(H,31,39)(H,32,33,34,35)/t20?,22?,24-/m0/s1. The number of aromatic nitrogens is 4. The van der Waals surface area contributed by atoms with E-state index in [9.17, 15) is 14.4 Å². The fourth-order valence-corrected chi connectivity index (χ4v) is 4.87. The van der Waals surface area contributed by atoms with E-state index in [1.807, 2.05) is 51.1 Å². The summed E-state index contributed by atoms with van der Waals surface area (Å²) in [6.45, 7) is 5.95. The number of nitrogens with one attached hydrogen (secondary N) is 2. The van der Waals surface area contributed by atoms with Crippen LogP contribution in [-0.2, 0) is 20.7 Å². The van der Waals surface area contributed by atoms with Gasteiger partial charge in [-0.2, -0.15) is 5.21 Å². The Morgan fingerprint density at radius 2 is 1.73 bits per heavy atom. The number of benzene rings is 2. The lowest BCUT2D eigenvalue weighted by Gasteiger charge is -2.32. The molecule has 3 aromatic rings. The number of H-pyrrole nitrogens is 1. The van der Waals surface area contributed by atoms with Gasteiger partial charge in [0.25, 0.3) is 5.91 Å². The van der Waals surface area contributed by atoms with Crippen LogP contribution in [0.5, 0.6) is 0 Å². The van der Waals surface area contributed by atoms with E-state index in [-0.39, 0.29) is 17.7 Å². The molecule has 0 saturated heterocycles. The van der Waals surface area contributed by atoms with Crippen LogP contribution < -0.4 is 16.0 Å². The van der Waals surface area contributed by atoms with Gasteiger partial charge in [0.15, 0.2) is 0 Å². The first kappa shape index (κ1) is 28.9. The number of anilines is 1. The van der Waals surface area contributed by atoms with Gasteiger partial charge < -0.3 is 15.8 Å². The number of amides is 3. The molecule has 0 radical (unpaired) electrons. The number of nitrogens with zero attached hydrogens (tertiary/aromatic N) is 4. The van der Waals surface area contributed by atoms with E-state index in [1.54, 1.807) is 24.3 Å². The maximum atomic E-state index is 13.9. The predicted octanol–water partition coefficient (Wildman–Crippen LogP) is 3.63. The number of nitrogens with two attached hydrogens (primary N) is 1. The first-order valence-corrected chi connectivity index (χ1v) is 13.6. The molecule has 0 unspecified atom stereocenters. The minimum atomic E-state index is -0.891. The van der Waals surface area contributed by atoms with Crippen LogP contribution in [0, 0.1) is 11.8 Å². The molecule has 1 heterocycles. The summed E-state index contributed by atoms with van der Waals surface area (Å²) in [6, 6.07) is 15.5. The highest BCUT2D eigenvalue weighted by atomic mass is 16.6. The van der Waals surface area contributed by atoms with Crippen molar-refractivity contribution in [2.75, 3.05) is 11.4 Å². The number of imide groups is 1. The fourth-order valence-electron chi connectivity index (χ4n) is 4.87. The number of hydrogen-bond donors (Lipinski definition) is 3. The van der Waals surface area contributed by atoms with Gasteiger partial charge in [0.2, 0.25) is 11.7 Å². The lowest BCUT2D eigenvalue weighted by Crippen LogP contribution is -2.50. The topological polar surface area (TPSA) is 156 Å². The number of tetrazole rings is 1. The van der Waals surface area contributed by atoms with Crippen LogP contribution in [0.3, 0.4) is 0 Å². The van der Waals surface area contributed by atoms with Gasteiger partial charge in [-0.3, -0.25) is 9.59 Å². The molecule has 1 aliphatic carbocycles. The summed E-state index contributed by atoms with van der Waals surface area (Å²) >= 11 is 0. The maximum absolute atomic E-state index is 13.9. The van der Waals surface area contributed by atoms with Crippen molar-refractivity contribution < 1.29 is 19.1 Å². The third kappa shape index (κ3) is 7.72. The third-order valence-corrected chi connectivity index (χ3v) is 6.92. The Kier molecular flexibility index (Phi) is 9.26. The van der Waals surface area contributed by atoms with Gasteiger partial charge in [0.1, 0.15) is 5.60 Å². The average molecular weight is 548 g/mol. The summed E-state index contributed by atoms with van der Waals surface area (Å²) in [5.74, 6) is -0.401. The van der Waals surface area contributed by atoms with Crippen molar-refractivity contribution in [1.82, 2.24) is 25.9 Å². The van der Waals surface area contributed by atoms with Crippen LogP contribution >= 0.6 is 0 Å². The van der Waals surface area contributed by atoms with Crippen molar-refractivity contribution >= 4 is 23.6 Å². The molecule has 11 nitrogen and oxygen atoms in total. The zero-order valence-corrected chi connectivity index (χ0v) is 23.2. The second-order valence-electron chi connectivity index (χ2n) is 11.2. The third-order valence-electron chi connectivity index (χ3n) is 6.92. The summed E-state index contributed by atoms with van der Waals surface area (Å²) in [5, 5.41) is 16.8. The molecule has 3 amide bonds. The number of hydrogen-bond acceptors (Lipinski definition) is 8. The summed E-state index contributed by atoms with van der Waals surface area (Å²) in [6.07, 6.45) is 2.59. The molecule has 1 fully saturated rings. The van der Waals surface area contributed by atoms with Gasteiger partial charge in [-0.05, 0) is 93.8 Å². The molecule has 1 aliphatic rings. The van der Waals surface area contributed by atoms with Crippen molar-refractivity contribution in [1.29, 1.82) is 0 Å². The molecule has 0 spiro atoms. The van der Waals surface area contributed by atoms with Crippen LogP contribution in [0.15, 0.2) is 54.6 Å². The molecule has 212 valence electrons. The summed E-state index contributed by atoms with van der Waals surface area (Å²) in [5.41, 5.74) is 7.87. The normalized spacial score (nSPS) is 18.0. The van der Waals surface area contributed by atoms with Crippen molar-refractivity contribution in [3.63, 3.8) is 0 Å². The number of ether oxygens (including phenoxy) is 1. The summed E-state index contributed by atoms with van der Waals surface area (Å²) in [4.78, 5) is 40.8. The highest BCUT2D eigenvalue weighted by molar-refractivity contribution is 6.17. The minimum absolute atomic E-state index is 0.232. The van der Waals surface area contributed by atoms with Gasteiger partial charge in [0.05, 0.1) is 11.7 Å². The largest absolute Gasteiger partial charge is 0.444 e. The second-order valence-corrected chi connectivity index (χ2v) is 11.2. The maximum Gasteiger partial charge on any atom is 0.407 e. The highest BCUT2D eigenvalue weighted by Crippen LogP contribution is 2.32.